The van der Waals surface area contributed by atoms with Gasteiger partial charge in [-0.05, 0) is 31.0 Å². The summed E-state index contributed by atoms with van der Waals surface area (Å²) < 4.78 is 0. The highest BCUT2D eigenvalue weighted by atomic mass is 32.1. The number of carbonyl (C=O) groups is 4. The monoisotopic (exact) mass is 507 g/mol. The predicted molar refractivity (Wildman–Crippen MR) is 134 cm³/mol. The second-order valence-corrected chi connectivity index (χ2v) is 8.83. The normalized spacial score (nSPS) is 18.1. The summed E-state index contributed by atoms with van der Waals surface area (Å²) >= 11 is 8.28. The van der Waals surface area contributed by atoms with Crippen LogP contribution in [0.5, 0.6) is 0 Å². The number of amides is 3. The van der Waals surface area contributed by atoms with E-state index in [2.05, 4.69) is 51.5 Å². The molecule has 1 fully saturated rings. The Balaban J connectivity index is 1.61. The lowest BCUT2D eigenvalue weighted by molar-refractivity contribution is -0.142. The molecular weight excluding hydrogens is 478 g/mol. The fraction of sp³-hybridized carbons (Fsp3) is 0.455. The number of carboxylic acids is 1. The standard InChI is InChI=1S/C22H29N5O5S2/c28-19(15-6-3-7-23-15)26-18(11-34)21(30)27-17(10-33)20(29)25-16(22(31)32)8-12-9-24-14-5-2-1-4-13(12)14/h1-2,4-5,9,15-18,23-24,33-34H,3,6-8,10-11H2,(H,25,29)(H,26,28)(H,27,30)(H,31,32). The molecule has 2 aromatic rings. The number of rotatable bonds is 11. The zero-order valence-electron chi connectivity index (χ0n) is 18.4. The number of aliphatic carboxylic acids is 1. The number of nitrogens with one attached hydrogen (secondary N) is 5. The molecule has 1 aromatic heterocycles. The molecule has 1 aliphatic rings. The Morgan fingerprint density at radius 2 is 1.65 bits per heavy atom. The third kappa shape index (κ3) is 6.45. The molecule has 6 N–H and O–H groups in total. The number of hydrogen-bond acceptors (Lipinski definition) is 7. The van der Waals surface area contributed by atoms with Gasteiger partial charge in [0.2, 0.25) is 17.7 Å². The van der Waals surface area contributed by atoms with Gasteiger partial charge in [-0.1, -0.05) is 18.2 Å². The van der Waals surface area contributed by atoms with Gasteiger partial charge in [-0.3, -0.25) is 14.4 Å². The summed E-state index contributed by atoms with van der Waals surface area (Å²) in [6.45, 7) is 0.737. The largest absolute Gasteiger partial charge is 0.480 e. The van der Waals surface area contributed by atoms with Crippen LogP contribution in [0, 0.1) is 0 Å². The van der Waals surface area contributed by atoms with E-state index in [-0.39, 0.29) is 29.9 Å². The minimum atomic E-state index is -1.21. The molecule has 4 atom stereocenters. The maximum atomic E-state index is 12.8. The molecule has 3 amide bonds. The first kappa shape index (κ1) is 25.9. The smallest absolute Gasteiger partial charge is 0.326 e. The molecule has 0 bridgehead atoms. The van der Waals surface area contributed by atoms with Crippen LogP contribution in [0.15, 0.2) is 30.5 Å². The lowest BCUT2D eigenvalue weighted by Gasteiger charge is -2.23. The maximum absolute atomic E-state index is 12.8. The van der Waals surface area contributed by atoms with E-state index in [1.54, 1.807) is 6.20 Å². The van der Waals surface area contributed by atoms with E-state index >= 15 is 0 Å². The number of thiol groups is 2. The molecule has 0 aliphatic carbocycles. The van der Waals surface area contributed by atoms with E-state index < -0.39 is 35.9 Å². The van der Waals surface area contributed by atoms with Crippen LogP contribution < -0.4 is 21.3 Å². The quantitative estimate of drug-likeness (QED) is 0.198. The van der Waals surface area contributed by atoms with Crippen LogP contribution in [0.1, 0.15) is 18.4 Å². The van der Waals surface area contributed by atoms with E-state index in [4.69, 9.17) is 0 Å². The van der Waals surface area contributed by atoms with Gasteiger partial charge in [0.05, 0.1) is 6.04 Å². The van der Waals surface area contributed by atoms with Crippen molar-refractivity contribution in [2.45, 2.75) is 43.4 Å². The van der Waals surface area contributed by atoms with Gasteiger partial charge in [-0.2, -0.15) is 25.3 Å². The van der Waals surface area contributed by atoms with Crippen LogP contribution in [-0.2, 0) is 25.6 Å². The highest BCUT2D eigenvalue weighted by Gasteiger charge is 2.30. The van der Waals surface area contributed by atoms with Gasteiger partial charge in [-0.25, -0.2) is 4.79 Å². The summed E-state index contributed by atoms with van der Waals surface area (Å²) in [7, 11) is 0. The Kier molecular flexibility index (Phi) is 9.25. The lowest BCUT2D eigenvalue weighted by Crippen LogP contribution is -2.58. The first-order valence-corrected chi connectivity index (χ1v) is 12.2. The first-order valence-electron chi connectivity index (χ1n) is 11.0. The second-order valence-electron chi connectivity index (χ2n) is 8.10. The number of para-hydroxylation sites is 1. The third-order valence-electron chi connectivity index (χ3n) is 5.72. The molecule has 10 nitrogen and oxygen atoms in total. The molecule has 1 aromatic carbocycles. The molecule has 12 heteroatoms. The zero-order chi connectivity index (χ0) is 24.7. The summed E-state index contributed by atoms with van der Waals surface area (Å²) in [4.78, 5) is 52.7. The minimum Gasteiger partial charge on any atom is -0.480 e. The van der Waals surface area contributed by atoms with Gasteiger partial charge in [0, 0.05) is 35.0 Å². The van der Waals surface area contributed by atoms with E-state index in [9.17, 15) is 24.3 Å². The first-order chi connectivity index (χ1) is 16.3. The maximum Gasteiger partial charge on any atom is 0.326 e. The zero-order valence-corrected chi connectivity index (χ0v) is 20.2. The summed E-state index contributed by atoms with van der Waals surface area (Å²) in [6.07, 6.45) is 3.33. The number of H-pyrrole nitrogens is 1. The second kappa shape index (κ2) is 12.1. The molecule has 1 saturated heterocycles. The van der Waals surface area contributed by atoms with Crippen molar-refractivity contribution in [2.24, 2.45) is 0 Å². The molecule has 0 saturated carbocycles. The van der Waals surface area contributed by atoms with Crippen molar-refractivity contribution in [3.05, 3.63) is 36.0 Å². The molecule has 1 aliphatic heterocycles. The highest BCUT2D eigenvalue weighted by Crippen LogP contribution is 2.19. The molecule has 0 spiro atoms. The van der Waals surface area contributed by atoms with Gasteiger partial charge in [0.1, 0.15) is 18.1 Å². The molecular formula is C22H29N5O5S2. The minimum absolute atomic E-state index is 0.0313. The Hall–Kier alpha value is -2.70. The van der Waals surface area contributed by atoms with Gasteiger partial charge in [0.15, 0.2) is 0 Å². The number of carboxylic acid groups (broad SMARTS) is 1. The number of hydrogen-bond donors (Lipinski definition) is 8. The average Bonchev–Trinajstić information content (AvgIpc) is 3.50. The molecule has 3 rings (SSSR count). The summed E-state index contributed by atoms with van der Waals surface area (Å²) in [5.74, 6) is -2.81. The molecule has 4 unspecified atom stereocenters. The SMILES string of the molecule is O=C(O)C(Cc1c[nH]c2ccccc12)NC(=O)C(CS)NC(=O)C(CS)NC(=O)C1CCCN1. The van der Waals surface area contributed by atoms with Gasteiger partial charge >= 0.3 is 5.97 Å². The fourth-order valence-electron chi connectivity index (χ4n) is 3.83. The van der Waals surface area contributed by atoms with Crippen molar-refractivity contribution >= 4 is 59.9 Å². The Morgan fingerprint density at radius 1 is 1.00 bits per heavy atom. The lowest BCUT2D eigenvalue weighted by atomic mass is 10.0. The predicted octanol–water partition coefficient (Wildman–Crippen LogP) is -0.139. The van der Waals surface area contributed by atoms with Crippen LogP contribution >= 0.6 is 25.3 Å². The van der Waals surface area contributed by atoms with Crippen LogP contribution in [0.25, 0.3) is 10.9 Å². The van der Waals surface area contributed by atoms with Crippen LogP contribution in [0.4, 0.5) is 0 Å². The number of fused-ring (bicyclic) bond motifs is 1. The van der Waals surface area contributed by atoms with Crippen molar-refractivity contribution in [3.8, 4) is 0 Å². The highest BCUT2D eigenvalue weighted by molar-refractivity contribution is 7.80. The number of aromatic nitrogens is 1. The van der Waals surface area contributed by atoms with Gasteiger partial charge < -0.3 is 31.4 Å². The third-order valence-corrected chi connectivity index (χ3v) is 6.45. The summed E-state index contributed by atoms with van der Waals surface area (Å²) in [5, 5.41) is 21.2. The van der Waals surface area contributed by atoms with E-state index in [1.807, 2.05) is 24.3 Å². The van der Waals surface area contributed by atoms with Crippen molar-refractivity contribution in [1.29, 1.82) is 0 Å². The van der Waals surface area contributed by atoms with Crippen molar-refractivity contribution in [1.82, 2.24) is 26.3 Å². The van der Waals surface area contributed by atoms with E-state index in [0.29, 0.717) is 6.42 Å². The van der Waals surface area contributed by atoms with Crippen molar-refractivity contribution in [2.75, 3.05) is 18.1 Å². The number of aromatic amines is 1. The van der Waals surface area contributed by atoms with Crippen LogP contribution in [0.3, 0.4) is 0 Å². The molecule has 184 valence electrons. The molecule has 34 heavy (non-hydrogen) atoms. The van der Waals surface area contributed by atoms with Crippen molar-refractivity contribution in [3.63, 3.8) is 0 Å². The number of benzene rings is 1. The topological polar surface area (TPSA) is 152 Å². The molecule has 2 heterocycles. The summed E-state index contributed by atoms with van der Waals surface area (Å²) in [6, 6.07) is 3.84. The Labute approximate surface area is 207 Å². The van der Waals surface area contributed by atoms with Gasteiger partial charge in [0.25, 0.3) is 0 Å². The number of carbonyl (C=O) groups excluding carboxylic acids is 3. The fourth-order valence-corrected chi connectivity index (χ4v) is 4.35. The summed E-state index contributed by atoms with van der Waals surface area (Å²) in [5.41, 5.74) is 1.61. The Morgan fingerprint density at radius 3 is 2.26 bits per heavy atom. The van der Waals surface area contributed by atoms with Crippen LogP contribution in [-0.4, -0.2) is 76.0 Å². The van der Waals surface area contributed by atoms with Gasteiger partial charge in [-0.15, -0.1) is 0 Å². The van der Waals surface area contributed by atoms with E-state index in [1.165, 1.54) is 0 Å². The van der Waals surface area contributed by atoms with Crippen LogP contribution in [0.2, 0.25) is 0 Å². The van der Waals surface area contributed by atoms with E-state index in [0.717, 1.165) is 29.4 Å². The Bertz CT molecular complexity index is 1040. The van der Waals surface area contributed by atoms with Crippen molar-refractivity contribution < 1.29 is 24.3 Å². The molecule has 0 radical (unpaired) electrons. The average molecular weight is 508 g/mol.